The van der Waals surface area contributed by atoms with Crippen LogP contribution in [0.25, 0.3) is 17.1 Å². The number of rotatable bonds is 2. The van der Waals surface area contributed by atoms with Crippen molar-refractivity contribution in [2.75, 3.05) is 6.79 Å². The molecular formula is C17H12N2O3. The van der Waals surface area contributed by atoms with Gasteiger partial charge in [0.15, 0.2) is 11.5 Å². The summed E-state index contributed by atoms with van der Waals surface area (Å²) in [4.78, 5) is 16.5. The summed E-state index contributed by atoms with van der Waals surface area (Å²) in [6, 6.07) is 13.1. The summed E-state index contributed by atoms with van der Waals surface area (Å²) in [6.07, 6.45) is 4.81. The molecule has 2 heterocycles. The second-order valence-electron chi connectivity index (χ2n) is 4.89. The van der Waals surface area contributed by atoms with Crippen LogP contribution in [0.2, 0.25) is 0 Å². The fraction of sp³-hybridized carbons (Fsp3) is 0.0588. The first kappa shape index (κ1) is 12.6. The van der Waals surface area contributed by atoms with Crippen molar-refractivity contribution in [3.05, 3.63) is 60.4 Å². The van der Waals surface area contributed by atoms with Gasteiger partial charge in [0.2, 0.25) is 6.79 Å². The fourth-order valence-electron chi connectivity index (χ4n) is 2.40. The molecule has 0 spiro atoms. The molecule has 22 heavy (non-hydrogen) atoms. The lowest BCUT2D eigenvalue weighted by Gasteiger charge is -1.99. The lowest BCUT2D eigenvalue weighted by Crippen LogP contribution is -2.05. The molecule has 5 heteroatoms. The molecule has 0 amide bonds. The van der Waals surface area contributed by atoms with Crippen LogP contribution in [0.5, 0.6) is 11.5 Å². The molecule has 1 aliphatic heterocycles. The second-order valence-corrected chi connectivity index (χ2v) is 4.89. The Morgan fingerprint density at radius 2 is 2.00 bits per heavy atom. The molecule has 108 valence electrons. The molecule has 0 fully saturated rings. The first-order chi connectivity index (χ1) is 10.8. The zero-order valence-electron chi connectivity index (χ0n) is 11.6. The number of benzene rings is 2. The molecular weight excluding hydrogens is 280 g/mol. The van der Waals surface area contributed by atoms with Crippen molar-refractivity contribution in [2.45, 2.75) is 0 Å². The Hall–Kier alpha value is -3.08. The van der Waals surface area contributed by atoms with Gasteiger partial charge in [0.25, 0.3) is 5.91 Å². The summed E-state index contributed by atoms with van der Waals surface area (Å²) in [5.41, 5.74) is 2.47. The van der Waals surface area contributed by atoms with E-state index in [4.69, 9.17) is 9.47 Å². The summed E-state index contributed by atoms with van der Waals surface area (Å²) in [5, 5.41) is 0. The molecule has 0 unspecified atom stereocenters. The molecule has 0 atom stereocenters. The largest absolute Gasteiger partial charge is 0.454 e. The predicted molar refractivity (Wildman–Crippen MR) is 82.0 cm³/mol. The van der Waals surface area contributed by atoms with E-state index in [1.54, 1.807) is 6.08 Å². The molecule has 0 bridgehead atoms. The van der Waals surface area contributed by atoms with Crippen LogP contribution < -0.4 is 9.47 Å². The monoisotopic (exact) mass is 292 g/mol. The zero-order chi connectivity index (χ0) is 14.9. The van der Waals surface area contributed by atoms with Crippen molar-refractivity contribution in [3.63, 3.8) is 0 Å². The van der Waals surface area contributed by atoms with Crippen molar-refractivity contribution >= 4 is 23.0 Å². The molecule has 2 aromatic carbocycles. The van der Waals surface area contributed by atoms with Gasteiger partial charge >= 0.3 is 0 Å². The lowest BCUT2D eigenvalue weighted by atomic mass is 10.2. The topological polar surface area (TPSA) is 53.4 Å². The van der Waals surface area contributed by atoms with Gasteiger partial charge in [-0.3, -0.25) is 9.36 Å². The zero-order valence-corrected chi connectivity index (χ0v) is 11.6. The minimum absolute atomic E-state index is 0.147. The van der Waals surface area contributed by atoms with E-state index >= 15 is 0 Å². The van der Waals surface area contributed by atoms with Crippen molar-refractivity contribution < 1.29 is 14.3 Å². The molecule has 4 rings (SSSR count). The Labute approximate surface area is 126 Å². The molecule has 0 saturated heterocycles. The maximum Gasteiger partial charge on any atom is 0.256 e. The molecule has 3 aromatic rings. The average molecular weight is 292 g/mol. The normalized spacial score (nSPS) is 13.1. The number of nitrogens with zero attached hydrogens (tertiary/aromatic N) is 2. The summed E-state index contributed by atoms with van der Waals surface area (Å²) in [5.74, 6) is 1.28. The van der Waals surface area contributed by atoms with Gasteiger partial charge in [-0.2, -0.15) is 0 Å². The number of allylic oxidation sites excluding steroid dienone is 1. The summed E-state index contributed by atoms with van der Waals surface area (Å²) in [7, 11) is 0. The smallest absolute Gasteiger partial charge is 0.256 e. The molecule has 1 aromatic heterocycles. The van der Waals surface area contributed by atoms with Crippen LogP contribution in [0.3, 0.4) is 0 Å². The van der Waals surface area contributed by atoms with Crippen molar-refractivity contribution in [3.8, 4) is 11.5 Å². The summed E-state index contributed by atoms with van der Waals surface area (Å²) in [6.45, 7) is 0.239. The first-order valence-corrected chi connectivity index (χ1v) is 6.85. The highest BCUT2D eigenvalue weighted by molar-refractivity contribution is 5.99. The third kappa shape index (κ3) is 2.13. The van der Waals surface area contributed by atoms with Crippen LogP contribution in [-0.4, -0.2) is 22.3 Å². The first-order valence-electron chi connectivity index (χ1n) is 6.85. The second kappa shape index (κ2) is 5.04. The van der Waals surface area contributed by atoms with E-state index in [-0.39, 0.29) is 12.7 Å². The van der Waals surface area contributed by atoms with E-state index in [0.29, 0.717) is 5.75 Å². The Balaban J connectivity index is 1.61. The summed E-state index contributed by atoms with van der Waals surface area (Å²) < 4.78 is 12.1. The van der Waals surface area contributed by atoms with Crippen molar-refractivity contribution in [1.82, 2.24) is 9.55 Å². The number of carbonyl (C=O) groups excluding carboxylic acids is 1. The number of aromatic nitrogens is 2. The third-order valence-corrected chi connectivity index (χ3v) is 3.51. The van der Waals surface area contributed by atoms with Gasteiger partial charge in [-0.1, -0.05) is 18.2 Å². The van der Waals surface area contributed by atoms with Crippen LogP contribution in [0.1, 0.15) is 10.4 Å². The molecule has 0 aliphatic carbocycles. The van der Waals surface area contributed by atoms with Gasteiger partial charge in [-0.25, -0.2) is 4.98 Å². The number of ether oxygens (including phenoxy) is 2. The lowest BCUT2D eigenvalue weighted by molar-refractivity contribution is 0.0974. The van der Waals surface area contributed by atoms with Crippen LogP contribution in [0.15, 0.2) is 54.9 Å². The minimum Gasteiger partial charge on any atom is -0.454 e. The maximum atomic E-state index is 12.3. The van der Waals surface area contributed by atoms with E-state index < -0.39 is 0 Å². The number of hydrogen-bond donors (Lipinski definition) is 0. The predicted octanol–water partition coefficient (Wildman–Crippen LogP) is 3.12. The number of fused-ring (bicyclic) bond motifs is 2. The van der Waals surface area contributed by atoms with E-state index in [9.17, 15) is 4.79 Å². The molecule has 1 aliphatic rings. The highest BCUT2D eigenvalue weighted by Gasteiger charge is 2.12. The van der Waals surface area contributed by atoms with Crippen LogP contribution >= 0.6 is 0 Å². The van der Waals surface area contributed by atoms with Gasteiger partial charge in [0.1, 0.15) is 6.33 Å². The van der Waals surface area contributed by atoms with Crippen molar-refractivity contribution in [2.24, 2.45) is 0 Å². The molecule has 0 saturated carbocycles. The van der Waals surface area contributed by atoms with E-state index in [1.165, 1.54) is 17.0 Å². The molecule has 5 nitrogen and oxygen atoms in total. The van der Waals surface area contributed by atoms with Gasteiger partial charge in [0, 0.05) is 6.08 Å². The Morgan fingerprint density at radius 3 is 2.95 bits per heavy atom. The van der Waals surface area contributed by atoms with Crippen LogP contribution in [0.4, 0.5) is 0 Å². The fourth-order valence-corrected chi connectivity index (χ4v) is 2.40. The average Bonchev–Trinajstić information content (AvgIpc) is 3.18. The molecule has 0 N–H and O–H groups in total. The number of para-hydroxylation sites is 2. The maximum absolute atomic E-state index is 12.3. The van der Waals surface area contributed by atoms with Crippen molar-refractivity contribution in [1.29, 1.82) is 0 Å². The summed E-state index contributed by atoms with van der Waals surface area (Å²) >= 11 is 0. The van der Waals surface area contributed by atoms with Gasteiger partial charge in [0.05, 0.1) is 11.0 Å². The number of carbonyl (C=O) groups is 1. The number of imidazole rings is 1. The number of hydrogen-bond acceptors (Lipinski definition) is 4. The van der Waals surface area contributed by atoms with E-state index in [0.717, 1.165) is 22.3 Å². The highest BCUT2D eigenvalue weighted by Crippen LogP contribution is 2.32. The van der Waals surface area contributed by atoms with Gasteiger partial charge in [-0.05, 0) is 35.9 Å². The Kier molecular flexibility index (Phi) is 2.89. The van der Waals surface area contributed by atoms with E-state index in [2.05, 4.69) is 4.98 Å². The van der Waals surface area contributed by atoms with E-state index in [1.807, 2.05) is 42.5 Å². The van der Waals surface area contributed by atoms with Gasteiger partial charge < -0.3 is 9.47 Å². The van der Waals surface area contributed by atoms with Gasteiger partial charge in [-0.15, -0.1) is 0 Å². The quantitative estimate of drug-likeness (QED) is 0.681. The van der Waals surface area contributed by atoms with Crippen LogP contribution in [0, 0.1) is 0 Å². The SMILES string of the molecule is O=C(C=Cc1ccc2c(c1)OCO2)n1cnc2ccccc21. The van der Waals surface area contributed by atoms with Crippen LogP contribution in [-0.2, 0) is 0 Å². The highest BCUT2D eigenvalue weighted by atomic mass is 16.7. The minimum atomic E-state index is -0.147. The Bertz CT molecular complexity index is 896. The molecule has 0 radical (unpaired) electrons. The Morgan fingerprint density at radius 1 is 1.14 bits per heavy atom. The standard InChI is InChI=1S/C17H12N2O3/c20-17(19-10-18-13-3-1-2-4-14(13)19)8-6-12-5-7-15-16(9-12)22-11-21-15/h1-10H,11H2. The third-order valence-electron chi connectivity index (χ3n) is 3.51.